The largest absolute Gasteiger partial charge is 0.385 e. The lowest BCUT2D eigenvalue weighted by Gasteiger charge is -2.12. The highest BCUT2D eigenvalue weighted by Crippen LogP contribution is 2.18. The van der Waals surface area contributed by atoms with Crippen LogP contribution >= 0.6 is 0 Å². The van der Waals surface area contributed by atoms with Crippen molar-refractivity contribution in [3.8, 4) is 0 Å². The zero-order valence-electron chi connectivity index (χ0n) is 9.71. The predicted octanol–water partition coefficient (Wildman–Crippen LogP) is 0.670. The van der Waals surface area contributed by atoms with Gasteiger partial charge < -0.3 is 15.4 Å². The molecule has 1 aliphatic carbocycles. The van der Waals surface area contributed by atoms with E-state index in [0.29, 0.717) is 18.5 Å². The van der Waals surface area contributed by atoms with Crippen LogP contribution in [0, 0.1) is 0 Å². The Bertz CT molecular complexity index is 193. The molecule has 0 aromatic heterocycles. The molecule has 1 atom stereocenters. The highest BCUT2D eigenvalue weighted by atomic mass is 16.5. The van der Waals surface area contributed by atoms with E-state index >= 15 is 0 Å². The third-order valence-corrected chi connectivity index (χ3v) is 2.54. The SMILES string of the molecule is COCCC(C)NCCC(=O)NC1CC1. The molecule has 0 bridgehead atoms. The summed E-state index contributed by atoms with van der Waals surface area (Å²) in [5.74, 6) is 0.170. The van der Waals surface area contributed by atoms with E-state index in [1.54, 1.807) is 7.11 Å². The lowest BCUT2D eigenvalue weighted by molar-refractivity contribution is -0.121. The molecule has 1 aliphatic rings. The van der Waals surface area contributed by atoms with Crippen LogP contribution in [0.1, 0.15) is 32.6 Å². The second kappa shape index (κ2) is 6.80. The van der Waals surface area contributed by atoms with Crippen molar-refractivity contribution in [2.45, 2.75) is 44.7 Å². The maximum atomic E-state index is 11.3. The zero-order valence-corrected chi connectivity index (χ0v) is 9.71. The fraction of sp³-hybridized carbons (Fsp3) is 0.909. The lowest BCUT2D eigenvalue weighted by Crippen LogP contribution is -2.33. The van der Waals surface area contributed by atoms with E-state index in [-0.39, 0.29) is 5.91 Å². The maximum Gasteiger partial charge on any atom is 0.221 e. The van der Waals surface area contributed by atoms with Crippen LogP contribution in [-0.4, -0.2) is 38.3 Å². The Balaban J connectivity index is 1.92. The van der Waals surface area contributed by atoms with E-state index in [4.69, 9.17) is 4.74 Å². The number of carbonyl (C=O) groups is 1. The molecule has 88 valence electrons. The molecule has 0 aliphatic heterocycles. The van der Waals surface area contributed by atoms with E-state index in [0.717, 1.165) is 32.4 Å². The van der Waals surface area contributed by atoms with Gasteiger partial charge in [-0.3, -0.25) is 4.79 Å². The highest BCUT2D eigenvalue weighted by molar-refractivity contribution is 5.76. The number of ether oxygens (including phenoxy) is 1. The summed E-state index contributed by atoms with van der Waals surface area (Å²) in [5, 5.41) is 6.27. The molecular formula is C11H22N2O2. The first-order valence-electron chi connectivity index (χ1n) is 5.74. The van der Waals surface area contributed by atoms with Crippen molar-refractivity contribution in [2.75, 3.05) is 20.3 Å². The van der Waals surface area contributed by atoms with Crippen LogP contribution in [0.3, 0.4) is 0 Å². The third kappa shape index (κ3) is 6.47. The van der Waals surface area contributed by atoms with Crippen molar-refractivity contribution < 1.29 is 9.53 Å². The number of nitrogens with one attached hydrogen (secondary N) is 2. The van der Waals surface area contributed by atoms with Crippen LogP contribution in [0.4, 0.5) is 0 Å². The molecule has 15 heavy (non-hydrogen) atoms. The summed E-state index contributed by atoms with van der Waals surface area (Å²) in [6, 6.07) is 0.891. The molecule has 1 amide bonds. The summed E-state index contributed by atoms with van der Waals surface area (Å²) in [6.45, 7) is 3.63. The molecule has 1 saturated carbocycles. The van der Waals surface area contributed by atoms with Gasteiger partial charge in [0.05, 0.1) is 0 Å². The van der Waals surface area contributed by atoms with Gasteiger partial charge in [0.15, 0.2) is 0 Å². The highest BCUT2D eigenvalue weighted by Gasteiger charge is 2.22. The summed E-state index contributed by atoms with van der Waals surface area (Å²) in [4.78, 5) is 11.3. The van der Waals surface area contributed by atoms with Gasteiger partial charge >= 0.3 is 0 Å². The van der Waals surface area contributed by atoms with Gasteiger partial charge in [-0.15, -0.1) is 0 Å². The molecule has 4 nitrogen and oxygen atoms in total. The second-order valence-electron chi connectivity index (χ2n) is 4.23. The van der Waals surface area contributed by atoms with Crippen molar-refractivity contribution in [1.82, 2.24) is 10.6 Å². The fourth-order valence-electron chi connectivity index (χ4n) is 1.36. The summed E-state index contributed by atoms with van der Waals surface area (Å²) < 4.78 is 4.98. The summed E-state index contributed by atoms with van der Waals surface area (Å²) in [6.07, 6.45) is 3.88. The molecule has 1 rings (SSSR count). The second-order valence-corrected chi connectivity index (χ2v) is 4.23. The molecular weight excluding hydrogens is 192 g/mol. The Kier molecular flexibility index (Phi) is 5.65. The topological polar surface area (TPSA) is 50.4 Å². The summed E-state index contributed by atoms with van der Waals surface area (Å²) in [7, 11) is 1.70. The molecule has 1 unspecified atom stereocenters. The number of rotatable bonds is 8. The lowest BCUT2D eigenvalue weighted by atomic mass is 10.2. The molecule has 0 aromatic carbocycles. The molecule has 1 fully saturated rings. The Morgan fingerprint density at radius 1 is 1.53 bits per heavy atom. The van der Waals surface area contributed by atoms with Crippen LogP contribution in [0.2, 0.25) is 0 Å². The van der Waals surface area contributed by atoms with Crippen LogP contribution in [0.5, 0.6) is 0 Å². The average Bonchev–Trinajstić information content (AvgIpc) is 2.98. The predicted molar refractivity (Wildman–Crippen MR) is 59.7 cm³/mol. The summed E-state index contributed by atoms with van der Waals surface area (Å²) in [5.41, 5.74) is 0. The standard InChI is InChI=1S/C11H22N2O2/c1-9(6-8-15-2)12-7-5-11(14)13-10-3-4-10/h9-10,12H,3-8H2,1-2H3,(H,13,14). The van der Waals surface area contributed by atoms with Gasteiger partial charge in [0, 0.05) is 38.8 Å². The van der Waals surface area contributed by atoms with Crippen molar-refractivity contribution in [1.29, 1.82) is 0 Å². The van der Waals surface area contributed by atoms with E-state index in [2.05, 4.69) is 17.6 Å². The van der Waals surface area contributed by atoms with Gasteiger partial charge in [0.2, 0.25) is 5.91 Å². The molecule has 0 saturated heterocycles. The molecule has 4 heteroatoms. The van der Waals surface area contributed by atoms with Gasteiger partial charge in [-0.1, -0.05) is 0 Å². The first kappa shape index (κ1) is 12.5. The minimum absolute atomic E-state index is 0.170. The summed E-state index contributed by atoms with van der Waals surface area (Å²) >= 11 is 0. The first-order chi connectivity index (χ1) is 7.22. The van der Waals surface area contributed by atoms with Gasteiger partial charge in [0.1, 0.15) is 0 Å². The van der Waals surface area contributed by atoms with Crippen molar-refractivity contribution >= 4 is 5.91 Å². The van der Waals surface area contributed by atoms with E-state index in [1.807, 2.05) is 0 Å². The number of hydrogen-bond donors (Lipinski definition) is 2. The normalized spacial score (nSPS) is 17.5. The van der Waals surface area contributed by atoms with Crippen LogP contribution in [-0.2, 0) is 9.53 Å². The first-order valence-corrected chi connectivity index (χ1v) is 5.74. The van der Waals surface area contributed by atoms with E-state index in [9.17, 15) is 4.79 Å². The molecule has 2 N–H and O–H groups in total. The number of methoxy groups -OCH3 is 1. The zero-order chi connectivity index (χ0) is 11.1. The molecule has 0 radical (unpaired) electrons. The van der Waals surface area contributed by atoms with Gasteiger partial charge in [0.25, 0.3) is 0 Å². The van der Waals surface area contributed by atoms with Gasteiger partial charge in [-0.25, -0.2) is 0 Å². The molecule has 0 heterocycles. The minimum atomic E-state index is 0.170. The van der Waals surface area contributed by atoms with Crippen molar-refractivity contribution in [2.24, 2.45) is 0 Å². The van der Waals surface area contributed by atoms with Crippen LogP contribution in [0.15, 0.2) is 0 Å². The number of amides is 1. The Labute approximate surface area is 91.8 Å². The van der Waals surface area contributed by atoms with Gasteiger partial charge in [-0.05, 0) is 26.2 Å². The minimum Gasteiger partial charge on any atom is -0.385 e. The quantitative estimate of drug-likeness (QED) is 0.624. The van der Waals surface area contributed by atoms with Crippen LogP contribution < -0.4 is 10.6 Å². The number of carbonyl (C=O) groups excluding carboxylic acids is 1. The third-order valence-electron chi connectivity index (χ3n) is 2.54. The van der Waals surface area contributed by atoms with Gasteiger partial charge in [-0.2, -0.15) is 0 Å². The van der Waals surface area contributed by atoms with E-state index < -0.39 is 0 Å². The Morgan fingerprint density at radius 3 is 2.87 bits per heavy atom. The number of hydrogen-bond acceptors (Lipinski definition) is 3. The molecule has 0 aromatic rings. The Morgan fingerprint density at radius 2 is 2.27 bits per heavy atom. The monoisotopic (exact) mass is 214 g/mol. The van der Waals surface area contributed by atoms with E-state index in [1.165, 1.54) is 0 Å². The van der Waals surface area contributed by atoms with Crippen LogP contribution in [0.25, 0.3) is 0 Å². The maximum absolute atomic E-state index is 11.3. The molecule has 0 spiro atoms. The van der Waals surface area contributed by atoms with Crippen molar-refractivity contribution in [3.05, 3.63) is 0 Å². The smallest absolute Gasteiger partial charge is 0.221 e. The Hall–Kier alpha value is -0.610. The average molecular weight is 214 g/mol. The fourth-order valence-corrected chi connectivity index (χ4v) is 1.36. The van der Waals surface area contributed by atoms with Crippen molar-refractivity contribution in [3.63, 3.8) is 0 Å².